The molecule has 0 unspecified atom stereocenters. The minimum atomic E-state index is -0.574. The monoisotopic (exact) mass is 287 g/mol. The second kappa shape index (κ2) is 3.71. The topological polar surface area (TPSA) is 68.9 Å². The van der Waals surface area contributed by atoms with Gasteiger partial charge in [-0.25, -0.2) is 9.97 Å². The molecule has 5 nitrogen and oxygen atoms in total. The Balaban J connectivity index is 2.77. The van der Waals surface area contributed by atoms with Crippen LogP contribution in [0.4, 0.5) is 5.69 Å². The molecule has 2 aromatic heterocycles. The van der Waals surface area contributed by atoms with E-state index >= 15 is 0 Å². The Morgan fingerprint density at radius 3 is 2.87 bits per heavy atom. The van der Waals surface area contributed by atoms with Crippen molar-refractivity contribution in [3.63, 3.8) is 0 Å². The zero-order chi connectivity index (χ0) is 11.0. The molecule has 2 aromatic rings. The molecule has 0 aromatic carbocycles. The summed E-state index contributed by atoms with van der Waals surface area (Å²) in [4.78, 5) is 17.8. The van der Waals surface area contributed by atoms with Crippen LogP contribution in [-0.4, -0.2) is 14.9 Å². The minimum Gasteiger partial charge on any atom is -0.258 e. The second-order valence-electron chi connectivity index (χ2n) is 2.76. The molecule has 0 aliphatic rings. The smallest absolute Gasteiger partial charge is 0.258 e. The molecular weight excluding hydrogens is 285 g/mol. The Hall–Kier alpha value is -1.27. The summed E-state index contributed by atoms with van der Waals surface area (Å²) in [6, 6.07) is 3.04. The van der Waals surface area contributed by atoms with Gasteiger partial charge in [-0.05, 0) is 22.0 Å². The maximum Gasteiger partial charge on any atom is 0.307 e. The van der Waals surface area contributed by atoms with Crippen LogP contribution >= 0.6 is 27.5 Å². The highest BCUT2D eigenvalue weighted by Crippen LogP contribution is 2.26. The predicted octanol–water partition coefficient (Wildman–Crippen LogP) is 2.95. The Kier molecular flexibility index (Phi) is 2.54. The van der Waals surface area contributed by atoms with Crippen molar-refractivity contribution in [1.82, 2.24) is 9.97 Å². The fourth-order valence-corrected chi connectivity index (χ4v) is 1.69. The second-order valence-corrected chi connectivity index (χ2v) is 4.03. The summed E-state index contributed by atoms with van der Waals surface area (Å²) in [5.41, 5.74) is 0.165. The van der Waals surface area contributed by atoms with Crippen LogP contribution in [0.5, 0.6) is 0 Å². The molecule has 0 aliphatic heterocycles. The summed E-state index contributed by atoms with van der Waals surface area (Å²) in [5, 5.41) is 11.0. The molecule has 2 rings (SSSR count). The number of rotatable bonds is 1. The third-order valence-electron chi connectivity index (χ3n) is 1.77. The maximum absolute atomic E-state index is 10.6. The number of pyridine rings is 2. The normalized spacial score (nSPS) is 10.5. The number of aromatic nitrogens is 2. The quantitative estimate of drug-likeness (QED) is 0.459. The van der Waals surface area contributed by atoms with Gasteiger partial charge < -0.3 is 0 Å². The Morgan fingerprint density at radius 2 is 2.20 bits per heavy atom. The lowest BCUT2D eigenvalue weighted by molar-refractivity contribution is -0.384. The Bertz CT molecular complexity index is 561. The van der Waals surface area contributed by atoms with Crippen LogP contribution in [0.3, 0.4) is 0 Å². The number of hydrogen-bond donors (Lipinski definition) is 0. The average Bonchev–Trinajstić information content (AvgIpc) is 2.17. The van der Waals surface area contributed by atoms with Gasteiger partial charge in [-0.3, -0.25) is 10.1 Å². The largest absolute Gasteiger partial charge is 0.307 e. The van der Waals surface area contributed by atoms with Gasteiger partial charge in [-0.2, -0.15) is 0 Å². The highest BCUT2D eigenvalue weighted by atomic mass is 79.9. The SMILES string of the molecule is O=[N+]([O-])c1cc2cc(Br)cnc2nc1Cl. The molecule has 15 heavy (non-hydrogen) atoms. The maximum atomic E-state index is 10.6. The lowest BCUT2D eigenvalue weighted by atomic mass is 10.3. The van der Waals surface area contributed by atoms with Crippen molar-refractivity contribution in [2.75, 3.05) is 0 Å². The molecule has 0 N–H and O–H groups in total. The van der Waals surface area contributed by atoms with Crippen molar-refractivity contribution in [2.45, 2.75) is 0 Å². The summed E-state index contributed by atoms with van der Waals surface area (Å²) in [7, 11) is 0. The van der Waals surface area contributed by atoms with Crippen molar-refractivity contribution in [1.29, 1.82) is 0 Å². The molecule has 0 amide bonds. The third-order valence-corrected chi connectivity index (χ3v) is 2.48. The fourth-order valence-electron chi connectivity index (χ4n) is 1.13. The summed E-state index contributed by atoms with van der Waals surface area (Å²) < 4.78 is 0.730. The molecule has 0 saturated carbocycles. The van der Waals surface area contributed by atoms with Crippen LogP contribution in [0.2, 0.25) is 5.15 Å². The van der Waals surface area contributed by atoms with E-state index in [2.05, 4.69) is 25.9 Å². The van der Waals surface area contributed by atoms with Gasteiger partial charge in [0.15, 0.2) is 5.65 Å². The van der Waals surface area contributed by atoms with Gasteiger partial charge in [0.1, 0.15) is 0 Å². The van der Waals surface area contributed by atoms with Crippen LogP contribution in [-0.2, 0) is 0 Å². The first-order valence-corrected chi connectivity index (χ1v) is 5.01. The van der Waals surface area contributed by atoms with E-state index < -0.39 is 4.92 Å². The van der Waals surface area contributed by atoms with Gasteiger partial charge in [-0.1, -0.05) is 11.6 Å². The van der Waals surface area contributed by atoms with Crippen LogP contribution < -0.4 is 0 Å². The van der Waals surface area contributed by atoms with Crippen LogP contribution in [0, 0.1) is 10.1 Å². The molecule has 0 spiro atoms. The molecule has 0 bridgehead atoms. The van der Waals surface area contributed by atoms with E-state index in [0.717, 1.165) is 4.47 Å². The van der Waals surface area contributed by atoms with E-state index in [1.807, 2.05) is 0 Å². The van der Waals surface area contributed by atoms with E-state index in [0.29, 0.717) is 11.0 Å². The van der Waals surface area contributed by atoms with E-state index in [4.69, 9.17) is 11.6 Å². The lowest BCUT2D eigenvalue weighted by Gasteiger charge is -1.98. The number of halogens is 2. The van der Waals surface area contributed by atoms with E-state index in [9.17, 15) is 10.1 Å². The summed E-state index contributed by atoms with van der Waals surface area (Å²) in [5.74, 6) is 0. The van der Waals surface area contributed by atoms with Crippen molar-refractivity contribution in [2.24, 2.45) is 0 Å². The van der Waals surface area contributed by atoms with Gasteiger partial charge in [0, 0.05) is 22.1 Å². The standard InChI is InChI=1S/C8H3BrClN3O2/c9-5-1-4-2-6(13(14)15)7(10)12-8(4)11-3-5/h1-3H. The molecule has 7 heteroatoms. The van der Waals surface area contributed by atoms with Crippen molar-refractivity contribution >= 4 is 44.3 Å². The first kappa shape index (κ1) is 10.3. The first-order chi connectivity index (χ1) is 7.08. The number of fused-ring (bicyclic) bond motifs is 1. The molecule has 0 atom stereocenters. The highest BCUT2D eigenvalue weighted by molar-refractivity contribution is 9.10. The summed E-state index contributed by atoms with van der Waals surface area (Å²) in [6.45, 7) is 0. The molecule has 2 heterocycles. The Labute approximate surface area is 97.4 Å². The van der Waals surface area contributed by atoms with E-state index in [1.54, 1.807) is 12.3 Å². The average molecular weight is 288 g/mol. The summed E-state index contributed by atoms with van der Waals surface area (Å²) in [6.07, 6.45) is 1.55. The predicted molar refractivity (Wildman–Crippen MR) is 58.9 cm³/mol. The zero-order valence-electron chi connectivity index (χ0n) is 7.15. The minimum absolute atomic E-state index is 0.151. The molecular formula is C8H3BrClN3O2. The van der Waals surface area contributed by atoms with Gasteiger partial charge in [0.25, 0.3) is 0 Å². The van der Waals surface area contributed by atoms with Crippen LogP contribution in [0.15, 0.2) is 22.8 Å². The van der Waals surface area contributed by atoms with Crippen molar-refractivity contribution < 1.29 is 4.92 Å². The number of hydrogen-bond acceptors (Lipinski definition) is 4. The zero-order valence-corrected chi connectivity index (χ0v) is 9.49. The van der Waals surface area contributed by atoms with Gasteiger partial charge in [0.05, 0.1) is 4.92 Å². The summed E-state index contributed by atoms with van der Waals surface area (Å²) >= 11 is 8.85. The van der Waals surface area contributed by atoms with Crippen LogP contribution in [0.1, 0.15) is 0 Å². The molecule has 76 valence electrons. The number of nitro groups is 1. The Morgan fingerprint density at radius 1 is 1.47 bits per heavy atom. The van der Waals surface area contributed by atoms with Crippen molar-refractivity contribution in [3.05, 3.63) is 38.1 Å². The highest BCUT2D eigenvalue weighted by Gasteiger charge is 2.15. The van der Waals surface area contributed by atoms with Crippen LogP contribution in [0.25, 0.3) is 11.0 Å². The lowest BCUT2D eigenvalue weighted by Crippen LogP contribution is -1.93. The van der Waals surface area contributed by atoms with Gasteiger partial charge in [0.2, 0.25) is 5.15 Å². The van der Waals surface area contributed by atoms with E-state index in [1.165, 1.54) is 6.07 Å². The fraction of sp³-hybridized carbons (Fsp3) is 0. The third kappa shape index (κ3) is 1.91. The van der Waals surface area contributed by atoms with Gasteiger partial charge in [-0.15, -0.1) is 0 Å². The molecule has 0 saturated heterocycles. The molecule has 0 fully saturated rings. The molecule has 0 aliphatic carbocycles. The number of nitrogens with zero attached hydrogens (tertiary/aromatic N) is 3. The molecule has 0 radical (unpaired) electrons. The van der Waals surface area contributed by atoms with E-state index in [-0.39, 0.29) is 10.8 Å². The van der Waals surface area contributed by atoms with Gasteiger partial charge >= 0.3 is 5.69 Å². The van der Waals surface area contributed by atoms with Crippen molar-refractivity contribution in [3.8, 4) is 0 Å². The first-order valence-electron chi connectivity index (χ1n) is 3.84.